The molecule has 0 amide bonds. The molecule has 1 fully saturated rings. The van der Waals surface area contributed by atoms with E-state index in [1.165, 1.54) is 37.7 Å². The van der Waals surface area contributed by atoms with E-state index in [2.05, 4.69) is 41.7 Å². The number of hydrogen-bond donors (Lipinski definition) is 2. The lowest BCUT2D eigenvalue weighted by atomic mass is 9.64. The summed E-state index contributed by atoms with van der Waals surface area (Å²) in [5.74, 6) is 8.59. The first-order valence-electron chi connectivity index (χ1n) is 7.28. The maximum atomic E-state index is 5.85. The van der Waals surface area contributed by atoms with Gasteiger partial charge in [-0.1, -0.05) is 49.6 Å². The van der Waals surface area contributed by atoms with Gasteiger partial charge in [0, 0.05) is 17.9 Å². The van der Waals surface area contributed by atoms with Crippen molar-refractivity contribution in [3.05, 3.63) is 35.9 Å². The molecular weight excluding hydrogens is 232 g/mol. The fourth-order valence-corrected chi connectivity index (χ4v) is 3.54. The Labute approximate surface area is 116 Å². The van der Waals surface area contributed by atoms with Crippen LogP contribution in [0.1, 0.15) is 50.5 Å². The first-order chi connectivity index (χ1) is 9.33. The highest BCUT2D eigenvalue weighted by atomic mass is 15.2. The Balaban J connectivity index is 2.31. The van der Waals surface area contributed by atoms with Crippen LogP contribution >= 0.6 is 0 Å². The lowest BCUT2D eigenvalue weighted by molar-refractivity contribution is 0.205. The summed E-state index contributed by atoms with van der Waals surface area (Å²) in [6.45, 7) is 0. The van der Waals surface area contributed by atoms with E-state index < -0.39 is 0 Å². The summed E-state index contributed by atoms with van der Waals surface area (Å²) >= 11 is 0. The number of nitrogens with two attached hydrogens (primary N) is 1. The molecule has 1 aromatic rings. The number of benzene rings is 1. The fourth-order valence-electron chi connectivity index (χ4n) is 3.54. The summed E-state index contributed by atoms with van der Waals surface area (Å²) in [6.07, 6.45) is 13.5. The van der Waals surface area contributed by atoms with Crippen molar-refractivity contribution in [2.24, 2.45) is 5.84 Å². The molecule has 19 heavy (non-hydrogen) atoms. The van der Waals surface area contributed by atoms with Crippen LogP contribution in [0.15, 0.2) is 30.3 Å². The molecule has 1 saturated carbocycles. The van der Waals surface area contributed by atoms with Gasteiger partial charge in [0.15, 0.2) is 0 Å². The topological polar surface area (TPSA) is 38.0 Å². The Hall–Kier alpha value is -1.30. The van der Waals surface area contributed by atoms with Crippen LogP contribution in [0, 0.1) is 12.3 Å². The van der Waals surface area contributed by atoms with E-state index in [0.717, 1.165) is 12.8 Å². The average Bonchev–Trinajstić information content (AvgIpc) is 2.50. The van der Waals surface area contributed by atoms with Gasteiger partial charge in [0.05, 0.1) is 0 Å². The van der Waals surface area contributed by atoms with Crippen molar-refractivity contribution in [2.45, 2.75) is 56.4 Å². The van der Waals surface area contributed by atoms with Gasteiger partial charge in [0.25, 0.3) is 0 Å². The predicted molar refractivity (Wildman–Crippen MR) is 80.4 cm³/mol. The van der Waals surface area contributed by atoms with Crippen LogP contribution in [0.5, 0.6) is 0 Å². The van der Waals surface area contributed by atoms with E-state index in [-0.39, 0.29) is 11.5 Å². The van der Waals surface area contributed by atoms with Crippen molar-refractivity contribution in [1.82, 2.24) is 5.43 Å². The zero-order valence-corrected chi connectivity index (χ0v) is 11.6. The van der Waals surface area contributed by atoms with Crippen LogP contribution < -0.4 is 11.3 Å². The monoisotopic (exact) mass is 256 g/mol. The normalized spacial score (nSPS) is 19.6. The summed E-state index contributed by atoms with van der Waals surface area (Å²) in [7, 11) is 0. The van der Waals surface area contributed by atoms with Gasteiger partial charge in [-0.15, -0.1) is 12.3 Å². The van der Waals surface area contributed by atoms with Gasteiger partial charge < -0.3 is 0 Å². The molecule has 0 aliphatic heterocycles. The molecular formula is C17H24N2. The summed E-state index contributed by atoms with van der Waals surface area (Å²) in [4.78, 5) is 0. The molecule has 2 heteroatoms. The molecule has 0 radical (unpaired) electrons. The standard InChI is InChI=1S/C17H24N2/c1-2-3-12-16(19-18)17(13-8-5-9-14-17)15-10-6-4-7-11-15/h1,4,6-7,10-11,16,19H,3,5,8-9,12-14,18H2. The Kier molecular flexibility index (Phi) is 5.01. The molecule has 0 bridgehead atoms. The molecule has 2 nitrogen and oxygen atoms in total. The Morgan fingerprint density at radius 1 is 1.21 bits per heavy atom. The predicted octanol–water partition coefficient (Wildman–Crippen LogP) is 3.13. The van der Waals surface area contributed by atoms with Crippen molar-refractivity contribution in [1.29, 1.82) is 0 Å². The third kappa shape index (κ3) is 3.00. The highest BCUT2D eigenvalue weighted by Gasteiger charge is 2.40. The molecule has 1 unspecified atom stereocenters. The minimum absolute atomic E-state index is 0.158. The van der Waals surface area contributed by atoms with E-state index in [1.807, 2.05) is 0 Å². The van der Waals surface area contributed by atoms with Gasteiger partial charge in [-0.3, -0.25) is 11.3 Å². The van der Waals surface area contributed by atoms with Crippen molar-refractivity contribution >= 4 is 0 Å². The molecule has 3 N–H and O–H groups in total. The molecule has 0 aromatic heterocycles. The maximum absolute atomic E-state index is 5.85. The van der Waals surface area contributed by atoms with Crippen LogP contribution in [0.4, 0.5) is 0 Å². The quantitative estimate of drug-likeness (QED) is 0.482. The minimum atomic E-state index is 0.158. The molecule has 1 aromatic carbocycles. The molecule has 0 spiro atoms. The average molecular weight is 256 g/mol. The molecule has 1 atom stereocenters. The van der Waals surface area contributed by atoms with E-state index in [0.29, 0.717) is 0 Å². The van der Waals surface area contributed by atoms with Gasteiger partial charge in [-0.25, -0.2) is 0 Å². The number of terminal acetylenes is 1. The largest absolute Gasteiger partial charge is 0.271 e. The number of hydrogen-bond acceptors (Lipinski definition) is 2. The SMILES string of the molecule is C#CCCC(NN)C1(c2ccccc2)CCCCC1. The molecule has 102 valence electrons. The number of nitrogens with one attached hydrogen (secondary N) is 1. The Morgan fingerprint density at radius 2 is 1.89 bits per heavy atom. The van der Waals surface area contributed by atoms with Crippen molar-refractivity contribution in [3.8, 4) is 12.3 Å². The van der Waals surface area contributed by atoms with Gasteiger partial charge >= 0.3 is 0 Å². The number of rotatable bonds is 5. The van der Waals surface area contributed by atoms with Crippen LogP contribution in [-0.4, -0.2) is 6.04 Å². The van der Waals surface area contributed by atoms with E-state index in [9.17, 15) is 0 Å². The summed E-state index contributed by atoms with van der Waals surface area (Å²) in [5.41, 5.74) is 4.62. The molecule has 1 aliphatic carbocycles. The lowest BCUT2D eigenvalue weighted by Crippen LogP contribution is -2.52. The van der Waals surface area contributed by atoms with Crippen LogP contribution in [0.25, 0.3) is 0 Å². The summed E-state index contributed by atoms with van der Waals surface area (Å²) in [5, 5.41) is 0. The zero-order valence-electron chi connectivity index (χ0n) is 11.6. The fraction of sp³-hybridized carbons (Fsp3) is 0.529. The van der Waals surface area contributed by atoms with E-state index >= 15 is 0 Å². The number of hydrazine groups is 1. The van der Waals surface area contributed by atoms with Gasteiger partial charge in [0.1, 0.15) is 0 Å². The third-order valence-electron chi connectivity index (χ3n) is 4.54. The molecule has 1 aliphatic rings. The van der Waals surface area contributed by atoms with Gasteiger partial charge in [-0.05, 0) is 24.8 Å². The molecule has 0 saturated heterocycles. The smallest absolute Gasteiger partial charge is 0.0316 e. The second kappa shape index (κ2) is 6.75. The lowest BCUT2D eigenvalue weighted by Gasteiger charge is -2.44. The van der Waals surface area contributed by atoms with E-state index in [1.54, 1.807) is 0 Å². The summed E-state index contributed by atoms with van der Waals surface area (Å²) in [6, 6.07) is 11.1. The third-order valence-corrected chi connectivity index (χ3v) is 4.54. The summed E-state index contributed by atoms with van der Waals surface area (Å²) < 4.78 is 0. The van der Waals surface area contributed by atoms with Crippen molar-refractivity contribution in [2.75, 3.05) is 0 Å². The zero-order chi connectivity index (χ0) is 13.6. The molecule has 2 rings (SSSR count). The maximum Gasteiger partial charge on any atom is 0.0316 e. The first-order valence-corrected chi connectivity index (χ1v) is 7.28. The highest BCUT2D eigenvalue weighted by molar-refractivity contribution is 5.28. The Morgan fingerprint density at radius 3 is 2.47 bits per heavy atom. The van der Waals surface area contributed by atoms with Crippen LogP contribution in [-0.2, 0) is 5.41 Å². The van der Waals surface area contributed by atoms with Crippen LogP contribution in [0.3, 0.4) is 0 Å². The highest BCUT2D eigenvalue weighted by Crippen LogP contribution is 2.43. The van der Waals surface area contributed by atoms with Gasteiger partial charge in [0.2, 0.25) is 0 Å². The second-order valence-electron chi connectivity index (χ2n) is 5.54. The Bertz CT molecular complexity index is 413. The molecule has 0 heterocycles. The first kappa shape index (κ1) is 14.1. The van der Waals surface area contributed by atoms with Crippen molar-refractivity contribution in [3.63, 3.8) is 0 Å². The second-order valence-corrected chi connectivity index (χ2v) is 5.54. The van der Waals surface area contributed by atoms with E-state index in [4.69, 9.17) is 12.3 Å². The minimum Gasteiger partial charge on any atom is -0.271 e. The van der Waals surface area contributed by atoms with Crippen molar-refractivity contribution < 1.29 is 0 Å². The van der Waals surface area contributed by atoms with Crippen LogP contribution in [0.2, 0.25) is 0 Å². The van der Waals surface area contributed by atoms with Gasteiger partial charge in [-0.2, -0.15) is 0 Å².